The molecule has 3 heterocycles. The summed E-state index contributed by atoms with van der Waals surface area (Å²) in [6, 6.07) is 8.41. The Morgan fingerprint density at radius 2 is 1.73 bits per heavy atom. The Bertz CT molecular complexity index is 1530. The molecule has 0 bridgehead atoms. The highest BCUT2D eigenvalue weighted by Crippen LogP contribution is 2.41. The van der Waals surface area contributed by atoms with Gasteiger partial charge in [-0.15, -0.1) is 0 Å². The number of piperidine rings is 1. The number of carbonyl (C=O) groups is 1. The monoisotopic (exact) mass is 608 g/mol. The van der Waals surface area contributed by atoms with Gasteiger partial charge < -0.3 is 19.3 Å². The summed E-state index contributed by atoms with van der Waals surface area (Å²) in [6.07, 6.45) is 6.56. The molecular weight excluding hydrogens is 569 g/mol. The lowest BCUT2D eigenvalue weighted by Gasteiger charge is -2.36. The van der Waals surface area contributed by atoms with Crippen molar-refractivity contribution in [3.8, 4) is 17.0 Å². The van der Waals surface area contributed by atoms with Gasteiger partial charge in [-0.25, -0.2) is 27.9 Å². The zero-order valence-electron chi connectivity index (χ0n) is 25.5. The van der Waals surface area contributed by atoms with Crippen LogP contribution in [-0.2, 0) is 11.2 Å². The summed E-state index contributed by atoms with van der Waals surface area (Å²) in [5, 5.41) is 0. The highest BCUT2D eigenvalue weighted by Gasteiger charge is 2.31. The van der Waals surface area contributed by atoms with Crippen LogP contribution < -0.4 is 9.64 Å². The van der Waals surface area contributed by atoms with E-state index in [2.05, 4.69) is 14.9 Å². The lowest BCUT2D eigenvalue weighted by Crippen LogP contribution is -2.41. The SMILES string of the molecule is CC(C)(C)OC(=O)N1CCC(c2ccc(Cc3ncc(F)c(-c4cc(F)c5c(c4)N(C4CCCC4)CCO5)n3)cc2F)CC1. The third kappa shape index (κ3) is 6.49. The van der Waals surface area contributed by atoms with Gasteiger partial charge in [0.05, 0.1) is 18.4 Å². The van der Waals surface area contributed by atoms with Crippen molar-refractivity contribution in [1.29, 1.82) is 0 Å². The van der Waals surface area contributed by atoms with Gasteiger partial charge in [-0.05, 0) is 81.7 Å². The number of hydrogen-bond donors (Lipinski definition) is 0. The molecule has 2 fully saturated rings. The Hall–Kier alpha value is -3.82. The molecule has 0 N–H and O–H groups in total. The van der Waals surface area contributed by atoms with E-state index < -0.39 is 17.2 Å². The van der Waals surface area contributed by atoms with Crippen LogP contribution in [0.25, 0.3) is 11.3 Å². The number of hydrogen-bond acceptors (Lipinski definition) is 6. The molecule has 3 aromatic rings. The van der Waals surface area contributed by atoms with Crippen molar-refractivity contribution in [3.05, 3.63) is 70.9 Å². The molecule has 0 atom stereocenters. The first-order valence-electron chi connectivity index (χ1n) is 15.6. The van der Waals surface area contributed by atoms with E-state index in [4.69, 9.17) is 9.47 Å². The van der Waals surface area contributed by atoms with E-state index in [1.165, 1.54) is 12.1 Å². The molecule has 1 amide bonds. The van der Waals surface area contributed by atoms with Crippen LogP contribution >= 0.6 is 0 Å². The third-order valence-electron chi connectivity index (χ3n) is 8.76. The van der Waals surface area contributed by atoms with Gasteiger partial charge in [0.15, 0.2) is 17.4 Å². The van der Waals surface area contributed by atoms with Gasteiger partial charge in [-0.2, -0.15) is 0 Å². The van der Waals surface area contributed by atoms with Gasteiger partial charge in [-0.1, -0.05) is 25.0 Å². The number of rotatable bonds is 5. The fraction of sp³-hybridized carbons (Fsp3) is 0.500. The molecule has 6 rings (SSSR count). The highest BCUT2D eigenvalue weighted by atomic mass is 19.1. The van der Waals surface area contributed by atoms with Crippen LogP contribution in [0.2, 0.25) is 0 Å². The molecule has 10 heteroatoms. The van der Waals surface area contributed by atoms with Gasteiger partial charge in [0, 0.05) is 31.1 Å². The molecule has 0 spiro atoms. The Balaban J connectivity index is 1.17. The van der Waals surface area contributed by atoms with Crippen molar-refractivity contribution in [3.63, 3.8) is 0 Å². The molecule has 1 aliphatic carbocycles. The van der Waals surface area contributed by atoms with E-state index in [-0.39, 0.29) is 35.7 Å². The average molecular weight is 609 g/mol. The van der Waals surface area contributed by atoms with E-state index in [0.717, 1.165) is 31.9 Å². The molecule has 0 unspecified atom stereocenters. The quantitative estimate of drug-likeness (QED) is 0.301. The minimum atomic E-state index is -0.656. The van der Waals surface area contributed by atoms with E-state index in [9.17, 15) is 4.79 Å². The van der Waals surface area contributed by atoms with Crippen molar-refractivity contribution < 1.29 is 27.4 Å². The number of fused-ring (bicyclic) bond motifs is 1. The number of benzene rings is 2. The number of amides is 1. The zero-order valence-corrected chi connectivity index (χ0v) is 25.5. The molecule has 2 aromatic carbocycles. The lowest BCUT2D eigenvalue weighted by atomic mass is 9.88. The van der Waals surface area contributed by atoms with E-state index in [1.807, 2.05) is 26.8 Å². The maximum absolute atomic E-state index is 15.3. The maximum atomic E-state index is 15.3. The van der Waals surface area contributed by atoms with Crippen LogP contribution in [0, 0.1) is 17.5 Å². The first-order valence-corrected chi connectivity index (χ1v) is 15.6. The standard InChI is InChI=1S/C34H39F3N4O3/c1-34(2,3)44-33(42)40-12-10-22(11-13-40)25-9-8-21(16-26(25)35)17-30-38-20-28(37)31(39-30)23-18-27(36)32-29(19-23)41(14-15-43-32)24-6-4-5-7-24/h8-9,16,18-20,22,24H,4-7,10-15,17H2,1-3H3. The fourth-order valence-corrected chi connectivity index (χ4v) is 6.62. The van der Waals surface area contributed by atoms with Crippen molar-refractivity contribution >= 4 is 11.8 Å². The minimum Gasteiger partial charge on any atom is -0.486 e. The van der Waals surface area contributed by atoms with Crippen LogP contribution in [0.3, 0.4) is 0 Å². The Morgan fingerprint density at radius 1 is 0.977 bits per heavy atom. The number of carbonyl (C=O) groups excluding carboxylic acids is 1. The summed E-state index contributed by atoms with van der Waals surface area (Å²) in [6.45, 7) is 7.57. The molecule has 1 saturated heterocycles. The Morgan fingerprint density at radius 3 is 2.43 bits per heavy atom. The van der Waals surface area contributed by atoms with Gasteiger partial charge in [0.25, 0.3) is 0 Å². The highest BCUT2D eigenvalue weighted by molar-refractivity contribution is 5.72. The number of ether oxygens (including phenoxy) is 2. The van der Waals surface area contributed by atoms with Gasteiger partial charge in [0.1, 0.15) is 29.5 Å². The normalized spacial score (nSPS) is 17.9. The fourth-order valence-electron chi connectivity index (χ4n) is 6.62. The van der Waals surface area contributed by atoms with Crippen molar-refractivity contribution in [2.24, 2.45) is 0 Å². The van der Waals surface area contributed by atoms with Crippen LogP contribution in [-0.4, -0.2) is 58.8 Å². The number of likely N-dealkylation sites (tertiary alicyclic amines) is 1. The minimum absolute atomic E-state index is 0.00230. The molecule has 1 saturated carbocycles. The molecule has 2 aliphatic heterocycles. The summed E-state index contributed by atoms with van der Waals surface area (Å²) in [5.41, 5.74) is 1.64. The molecule has 7 nitrogen and oxygen atoms in total. The zero-order chi connectivity index (χ0) is 31.0. The average Bonchev–Trinajstić information content (AvgIpc) is 3.52. The number of aromatic nitrogens is 2. The second kappa shape index (κ2) is 12.3. The van der Waals surface area contributed by atoms with E-state index in [1.54, 1.807) is 17.0 Å². The second-order valence-corrected chi connectivity index (χ2v) is 13.0. The summed E-state index contributed by atoms with van der Waals surface area (Å²) >= 11 is 0. The second-order valence-electron chi connectivity index (χ2n) is 13.0. The predicted octanol–water partition coefficient (Wildman–Crippen LogP) is 7.41. The predicted molar refractivity (Wildman–Crippen MR) is 161 cm³/mol. The molecule has 234 valence electrons. The van der Waals surface area contributed by atoms with Crippen LogP contribution in [0.1, 0.15) is 82.2 Å². The molecular formula is C34H39F3N4O3. The van der Waals surface area contributed by atoms with Crippen LogP contribution in [0.5, 0.6) is 5.75 Å². The smallest absolute Gasteiger partial charge is 0.410 e. The maximum Gasteiger partial charge on any atom is 0.410 e. The molecule has 0 radical (unpaired) electrons. The molecule has 44 heavy (non-hydrogen) atoms. The third-order valence-corrected chi connectivity index (χ3v) is 8.76. The summed E-state index contributed by atoms with van der Waals surface area (Å²) < 4.78 is 56.7. The summed E-state index contributed by atoms with van der Waals surface area (Å²) in [7, 11) is 0. The lowest BCUT2D eigenvalue weighted by molar-refractivity contribution is 0.0204. The van der Waals surface area contributed by atoms with E-state index in [0.29, 0.717) is 73.3 Å². The largest absolute Gasteiger partial charge is 0.486 e. The van der Waals surface area contributed by atoms with Crippen LogP contribution in [0.4, 0.5) is 23.7 Å². The van der Waals surface area contributed by atoms with E-state index >= 15 is 13.2 Å². The number of nitrogens with zero attached hydrogens (tertiary/aromatic N) is 4. The summed E-state index contributed by atoms with van der Waals surface area (Å²) in [5.74, 6) is -1.04. The Labute approximate surface area is 256 Å². The number of anilines is 1. The van der Waals surface area contributed by atoms with Gasteiger partial charge in [0.2, 0.25) is 0 Å². The van der Waals surface area contributed by atoms with Crippen molar-refractivity contribution in [2.45, 2.75) is 83.3 Å². The molecule has 3 aliphatic rings. The van der Waals surface area contributed by atoms with Gasteiger partial charge in [-0.3, -0.25) is 0 Å². The summed E-state index contributed by atoms with van der Waals surface area (Å²) in [4.78, 5) is 24.9. The first-order chi connectivity index (χ1) is 21.1. The first kappa shape index (κ1) is 30.2. The molecule has 1 aromatic heterocycles. The van der Waals surface area contributed by atoms with Crippen LogP contribution in [0.15, 0.2) is 36.5 Å². The Kier molecular flexibility index (Phi) is 8.44. The van der Waals surface area contributed by atoms with Crippen molar-refractivity contribution in [1.82, 2.24) is 14.9 Å². The topological polar surface area (TPSA) is 67.8 Å². The van der Waals surface area contributed by atoms with Crippen molar-refractivity contribution in [2.75, 3.05) is 31.1 Å². The van der Waals surface area contributed by atoms with Gasteiger partial charge >= 0.3 is 6.09 Å². The number of halogens is 3.